The van der Waals surface area contributed by atoms with Crippen LogP contribution in [0.3, 0.4) is 0 Å². The first kappa shape index (κ1) is 30.4. The zero-order valence-corrected chi connectivity index (χ0v) is 23.0. The smallest absolute Gasteiger partial charge is 0.331 e. The van der Waals surface area contributed by atoms with Gasteiger partial charge in [-0.25, -0.2) is 4.79 Å². The molecule has 1 fully saturated rings. The summed E-state index contributed by atoms with van der Waals surface area (Å²) in [5.74, 6) is -2.36. The Morgan fingerprint density at radius 3 is 2.34 bits per heavy atom. The summed E-state index contributed by atoms with van der Waals surface area (Å²) in [5.41, 5.74) is -0.618. The lowest BCUT2D eigenvalue weighted by Gasteiger charge is -2.41. The molecule has 44 heavy (non-hydrogen) atoms. The highest BCUT2D eigenvalue weighted by molar-refractivity contribution is 5.90. The number of fused-ring (bicyclic) bond motifs is 1. The molecule has 3 aromatic carbocycles. The summed E-state index contributed by atoms with van der Waals surface area (Å²) in [6.45, 7) is -0.780. The first-order chi connectivity index (χ1) is 21.0. The van der Waals surface area contributed by atoms with Gasteiger partial charge in [-0.15, -0.1) is 0 Å². The molecular weight excluding hydrogens is 580 g/mol. The summed E-state index contributed by atoms with van der Waals surface area (Å²) < 4.78 is 22.3. The number of aromatic hydroxyl groups is 4. The third kappa shape index (κ3) is 5.76. The quantitative estimate of drug-likeness (QED) is 0.118. The van der Waals surface area contributed by atoms with E-state index >= 15 is 0 Å². The number of ether oxygens (including phenoxy) is 3. The molecule has 1 saturated heterocycles. The molecule has 5 rings (SSSR count). The maximum atomic E-state index is 13.1. The number of carbonyl (C=O) groups excluding carboxylic acids is 1. The minimum atomic E-state index is -1.85. The molecule has 13 heteroatoms. The average molecular weight is 609 g/mol. The number of benzene rings is 3. The third-order valence-electron chi connectivity index (χ3n) is 7.17. The maximum absolute atomic E-state index is 13.1. The Labute approximate surface area is 248 Å². The maximum Gasteiger partial charge on any atom is 0.331 e. The topological polar surface area (TPSA) is 217 Å². The van der Waals surface area contributed by atoms with Crippen LogP contribution in [0.4, 0.5) is 0 Å². The van der Waals surface area contributed by atoms with Gasteiger partial charge < -0.3 is 54.4 Å². The van der Waals surface area contributed by atoms with Crippen molar-refractivity contribution in [1.29, 1.82) is 0 Å². The van der Waals surface area contributed by atoms with Gasteiger partial charge in [0.2, 0.25) is 0 Å². The first-order valence-corrected chi connectivity index (χ1v) is 13.2. The number of hydrogen-bond acceptors (Lipinski definition) is 13. The zero-order chi connectivity index (χ0) is 31.7. The van der Waals surface area contributed by atoms with Gasteiger partial charge >= 0.3 is 5.97 Å². The fraction of sp³-hybridized carbons (Fsp3) is 0.226. The van der Waals surface area contributed by atoms with Crippen LogP contribution >= 0.6 is 0 Å². The fourth-order valence-electron chi connectivity index (χ4n) is 4.95. The fourth-order valence-corrected chi connectivity index (χ4v) is 4.95. The lowest BCUT2D eigenvalue weighted by molar-refractivity contribution is -0.239. The second-order valence-electron chi connectivity index (χ2n) is 9.98. The average Bonchev–Trinajstić information content (AvgIpc) is 2.99. The predicted molar refractivity (Wildman–Crippen MR) is 153 cm³/mol. The van der Waals surface area contributed by atoms with Gasteiger partial charge in [-0.3, -0.25) is 4.79 Å². The Morgan fingerprint density at radius 2 is 1.66 bits per heavy atom. The molecule has 7 N–H and O–H groups in total. The van der Waals surface area contributed by atoms with E-state index in [1.165, 1.54) is 55.7 Å². The van der Waals surface area contributed by atoms with Gasteiger partial charge in [-0.1, -0.05) is 6.07 Å². The van der Waals surface area contributed by atoms with Crippen molar-refractivity contribution in [3.05, 3.63) is 82.0 Å². The van der Waals surface area contributed by atoms with Gasteiger partial charge in [0.05, 0.1) is 19.3 Å². The van der Waals surface area contributed by atoms with Crippen LogP contribution in [0.25, 0.3) is 28.4 Å². The van der Waals surface area contributed by atoms with E-state index in [1.807, 2.05) is 0 Å². The van der Waals surface area contributed by atoms with Crippen LogP contribution in [-0.2, 0) is 14.3 Å². The highest BCUT2D eigenvalue weighted by atomic mass is 16.6. The summed E-state index contributed by atoms with van der Waals surface area (Å²) in [6, 6.07) is 11.9. The lowest BCUT2D eigenvalue weighted by atomic mass is 9.89. The van der Waals surface area contributed by atoms with E-state index in [9.17, 15) is 45.3 Å². The number of aliphatic hydroxyl groups is 3. The molecule has 0 saturated carbocycles. The molecule has 2 heterocycles. The molecule has 1 aliphatic heterocycles. The molecule has 0 spiro atoms. The minimum absolute atomic E-state index is 0.0235. The largest absolute Gasteiger partial charge is 0.508 e. The van der Waals surface area contributed by atoms with E-state index in [4.69, 9.17) is 18.6 Å². The van der Waals surface area contributed by atoms with E-state index in [1.54, 1.807) is 0 Å². The van der Waals surface area contributed by atoms with Crippen LogP contribution in [0.1, 0.15) is 17.2 Å². The molecule has 5 atom stereocenters. The van der Waals surface area contributed by atoms with Crippen LogP contribution in [0.2, 0.25) is 0 Å². The van der Waals surface area contributed by atoms with Gasteiger partial charge in [0.15, 0.2) is 28.6 Å². The Balaban J connectivity index is 1.59. The molecule has 0 amide bonds. The number of carbonyl (C=O) groups is 1. The number of phenols is 4. The normalized spacial score (nSPS) is 21.9. The summed E-state index contributed by atoms with van der Waals surface area (Å²) in [5, 5.41) is 72.0. The van der Waals surface area contributed by atoms with E-state index in [0.717, 1.165) is 18.2 Å². The van der Waals surface area contributed by atoms with Crippen LogP contribution in [-0.4, -0.2) is 79.8 Å². The summed E-state index contributed by atoms with van der Waals surface area (Å²) in [4.78, 5) is 26.1. The van der Waals surface area contributed by atoms with Crippen molar-refractivity contribution in [1.82, 2.24) is 0 Å². The zero-order valence-electron chi connectivity index (χ0n) is 23.0. The molecule has 13 nitrogen and oxygen atoms in total. The summed E-state index contributed by atoms with van der Waals surface area (Å²) >= 11 is 0. The van der Waals surface area contributed by atoms with E-state index in [-0.39, 0.29) is 39.5 Å². The number of esters is 1. The monoisotopic (exact) mass is 608 g/mol. The van der Waals surface area contributed by atoms with Crippen molar-refractivity contribution >= 4 is 23.0 Å². The molecule has 230 valence electrons. The number of methoxy groups -OCH3 is 1. The van der Waals surface area contributed by atoms with E-state index in [0.29, 0.717) is 11.1 Å². The second-order valence-corrected chi connectivity index (χ2v) is 9.98. The molecule has 0 aliphatic carbocycles. The van der Waals surface area contributed by atoms with Crippen LogP contribution < -0.4 is 10.2 Å². The molecule has 0 unspecified atom stereocenters. The molecule has 0 radical (unpaired) electrons. The molecule has 1 aliphatic rings. The Morgan fingerprint density at radius 1 is 0.932 bits per heavy atom. The number of phenolic OH excluding ortho intramolecular Hbond substituents is 4. The van der Waals surface area contributed by atoms with Crippen molar-refractivity contribution < 1.29 is 59.2 Å². The number of rotatable bonds is 7. The van der Waals surface area contributed by atoms with Gasteiger partial charge in [0, 0.05) is 23.8 Å². The van der Waals surface area contributed by atoms with E-state index in [2.05, 4.69) is 0 Å². The number of hydrogen-bond donors (Lipinski definition) is 7. The second kappa shape index (κ2) is 12.3. The molecule has 1 aromatic heterocycles. The van der Waals surface area contributed by atoms with Crippen LogP contribution in [0.5, 0.6) is 28.7 Å². The van der Waals surface area contributed by atoms with Gasteiger partial charge in [0.1, 0.15) is 52.8 Å². The first-order valence-electron chi connectivity index (χ1n) is 13.2. The van der Waals surface area contributed by atoms with Gasteiger partial charge in [-0.05, 0) is 48.0 Å². The summed E-state index contributed by atoms with van der Waals surface area (Å²) in [7, 11) is 1.35. The SMILES string of the molecule is COc1cc(C=CC(=O)O[C@@H]2[C@@H](O)[C@H](O)[C@@H](CO)O[C@H]2c2c(O)cc(O)c3c(=O)cc(-c4ccc(O)cc4)oc23)ccc1O. The van der Waals surface area contributed by atoms with Crippen molar-refractivity contribution in [2.45, 2.75) is 30.5 Å². The van der Waals surface area contributed by atoms with Crippen molar-refractivity contribution in [3.8, 4) is 40.1 Å². The van der Waals surface area contributed by atoms with E-state index < -0.39 is 60.0 Å². The highest BCUT2D eigenvalue weighted by Crippen LogP contribution is 2.44. The number of aliphatic hydroxyl groups excluding tert-OH is 3. The molecule has 0 bridgehead atoms. The van der Waals surface area contributed by atoms with Crippen molar-refractivity contribution in [2.24, 2.45) is 0 Å². The van der Waals surface area contributed by atoms with Crippen LogP contribution in [0, 0.1) is 0 Å². The third-order valence-corrected chi connectivity index (χ3v) is 7.17. The summed E-state index contributed by atoms with van der Waals surface area (Å²) in [6.07, 6.45) is -6.02. The Kier molecular flexibility index (Phi) is 8.47. The van der Waals surface area contributed by atoms with Gasteiger partial charge in [-0.2, -0.15) is 0 Å². The molecular formula is C31H28O13. The lowest BCUT2D eigenvalue weighted by Crippen LogP contribution is -2.56. The van der Waals surface area contributed by atoms with Crippen molar-refractivity contribution in [2.75, 3.05) is 13.7 Å². The van der Waals surface area contributed by atoms with Crippen LogP contribution in [0.15, 0.2) is 69.9 Å². The standard InChI is InChI=1S/C31H28O13/c1-41-22-10-14(2-8-17(22)34)3-9-24(38)44-31-28(40)27(39)23(13-32)43-30(31)26-19(36)11-18(35)25-20(37)12-21(42-29(25)26)15-4-6-16(33)7-5-15/h2-12,23,27-28,30-36,39-40H,13H2,1H3/t23-,27-,28+,30+,31-/m1/s1. The highest BCUT2D eigenvalue weighted by Gasteiger charge is 2.49. The Bertz CT molecular complexity index is 1780. The minimum Gasteiger partial charge on any atom is -0.508 e. The Hall–Kier alpha value is -5.08. The molecule has 4 aromatic rings. The van der Waals surface area contributed by atoms with Crippen molar-refractivity contribution in [3.63, 3.8) is 0 Å². The van der Waals surface area contributed by atoms with Gasteiger partial charge in [0.25, 0.3) is 0 Å². The predicted octanol–water partition coefficient (Wildman–Crippen LogP) is 2.07.